The minimum atomic E-state index is 0. The lowest BCUT2D eigenvalue weighted by atomic mass is 9.87. The highest BCUT2D eigenvalue weighted by molar-refractivity contribution is 8.93. The van der Waals surface area contributed by atoms with E-state index in [0.717, 1.165) is 19.4 Å². The van der Waals surface area contributed by atoms with Crippen LogP contribution in [0.3, 0.4) is 0 Å². The van der Waals surface area contributed by atoms with Gasteiger partial charge in [-0.2, -0.15) is 0 Å². The summed E-state index contributed by atoms with van der Waals surface area (Å²) in [5.41, 5.74) is 5.35. The fourth-order valence-corrected chi connectivity index (χ4v) is 4.13. The molecule has 0 radical (unpaired) electrons. The van der Waals surface area contributed by atoms with Crippen molar-refractivity contribution in [2.45, 2.75) is 24.8 Å². The Bertz CT molecular complexity index is 718. The van der Waals surface area contributed by atoms with E-state index >= 15 is 0 Å². The number of phenols is 1. The first-order valence-electron chi connectivity index (χ1n) is 7.44. The van der Waals surface area contributed by atoms with Gasteiger partial charge in [0.15, 0.2) is 0 Å². The van der Waals surface area contributed by atoms with Gasteiger partial charge in [0.25, 0.3) is 0 Å². The first kappa shape index (κ1) is 15.9. The van der Waals surface area contributed by atoms with Crippen LogP contribution in [0.5, 0.6) is 5.75 Å². The molecular weight excluding hydrogens is 362 g/mol. The lowest BCUT2D eigenvalue weighted by molar-refractivity contribution is 0.244. The molecule has 0 saturated carbocycles. The maximum absolute atomic E-state index is 10.1. The average Bonchev–Trinajstić information content (AvgIpc) is 2.81. The Kier molecular flexibility index (Phi) is 4.23. The summed E-state index contributed by atoms with van der Waals surface area (Å²) < 4.78 is 0. The van der Waals surface area contributed by atoms with Crippen molar-refractivity contribution < 1.29 is 5.11 Å². The number of hydrogen-bond acceptors (Lipinski definition) is 2. The van der Waals surface area contributed by atoms with Gasteiger partial charge in [-0.25, -0.2) is 0 Å². The van der Waals surface area contributed by atoms with Gasteiger partial charge in [0.05, 0.1) is 5.02 Å². The first-order chi connectivity index (χ1) is 10.1. The SMILES string of the molecule is Br.CN1CCc2cc(Cl)c(O)cc2[C@@H]2c3ccccc3C[C@H]21. The average molecular weight is 381 g/mol. The van der Waals surface area contributed by atoms with Gasteiger partial charge in [0.2, 0.25) is 0 Å². The van der Waals surface area contributed by atoms with Gasteiger partial charge in [-0.3, -0.25) is 0 Å². The minimum absolute atomic E-state index is 0. The topological polar surface area (TPSA) is 23.5 Å². The summed E-state index contributed by atoms with van der Waals surface area (Å²) in [7, 11) is 2.21. The molecule has 22 heavy (non-hydrogen) atoms. The standard InChI is InChI=1S/C18H18ClNO.BrH/c1-20-7-6-12-8-15(19)17(21)10-14(12)18-13-5-3-2-4-11(13)9-16(18)20;/h2-5,8,10,16,18,21H,6-7,9H2,1H3;1H/t16-,18+;/m1./s1. The third-order valence-corrected chi connectivity index (χ3v) is 5.35. The Morgan fingerprint density at radius 1 is 1.14 bits per heavy atom. The number of likely N-dealkylation sites (N-methyl/N-ethyl adjacent to an activating group) is 1. The van der Waals surface area contributed by atoms with E-state index in [1.54, 1.807) is 0 Å². The van der Waals surface area contributed by atoms with E-state index in [-0.39, 0.29) is 22.7 Å². The van der Waals surface area contributed by atoms with E-state index in [0.29, 0.717) is 17.0 Å². The third kappa shape index (κ3) is 2.36. The number of halogens is 2. The molecule has 0 amide bonds. The van der Waals surface area contributed by atoms with Crippen LogP contribution in [-0.4, -0.2) is 29.6 Å². The Morgan fingerprint density at radius 2 is 1.91 bits per heavy atom. The summed E-state index contributed by atoms with van der Waals surface area (Å²) in [6.45, 7) is 1.03. The second-order valence-corrected chi connectivity index (χ2v) is 6.59. The molecule has 1 N–H and O–H groups in total. The largest absolute Gasteiger partial charge is 0.506 e. The van der Waals surface area contributed by atoms with Crippen molar-refractivity contribution >= 4 is 28.6 Å². The molecule has 1 aliphatic carbocycles. The molecule has 2 aliphatic rings. The van der Waals surface area contributed by atoms with Crippen molar-refractivity contribution in [2.75, 3.05) is 13.6 Å². The van der Waals surface area contributed by atoms with Crippen LogP contribution in [0.2, 0.25) is 5.02 Å². The van der Waals surface area contributed by atoms with Crippen LogP contribution in [0.15, 0.2) is 36.4 Å². The van der Waals surface area contributed by atoms with E-state index in [1.807, 2.05) is 12.1 Å². The van der Waals surface area contributed by atoms with Gasteiger partial charge in [0, 0.05) is 18.5 Å². The number of hydrogen-bond donors (Lipinski definition) is 1. The molecular formula is C18H19BrClNO. The highest BCUT2D eigenvalue weighted by Gasteiger charge is 2.38. The molecule has 2 aromatic carbocycles. The molecule has 2 aromatic rings. The lowest BCUT2D eigenvalue weighted by Gasteiger charge is -2.27. The van der Waals surface area contributed by atoms with Crippen LogP contribution >= 0.6 is 28.6 Å². The van der Waals surface area contributed by atoms with Crippen molar-refractivity contribution in [1.29, 1.82) is 0 Å². The molecule has 116 valence electrons. The second-order valence-electron chi connectivity index (χ2n) is 6.18. The van der Waals surface area contributed by atoms with Gasteiger partial charge in [-0.1, -0.05) is 35.9 Å². The van der Waals surface area contributed by atoms with E-state index in [9.17, 15) is 5.11 Å². The monoisotopic (exact) mass is 379 g/mol. The zero-order chi connectivity index (χ0) is 14.6. The van der Waals surface area contributed by atoms with Crippen LogP contribution in [0.25, 0.3) is 0 Å². The number of rotatable bonds is 0. The molecule has 4 heteroatoms. The fraction of sp³-hybridized carbons (Fsp3) is 0.333. The summed E-state index contributed by atoms with van der Waals surface area (Å²) >= 11 is 6.11. The van der Waals surface area contributed by atoms with Gasteiger partial charge < -0.3 is 10.0 Å². The highest BCUT2D eigenvalue weighted by atomic mass is 79.9. The zero-order valence-corrected chi connectivity index (χ0v) is 14.9. The van der Waals surface area contributed by atoms with Crippen LogP contribution in [-0.2, 0) is 12.8 Å². The smallest absolute Gasteiger partial charge is 0.134 e. The van der Waals surface area contributed by atoms with Crippen molar-refractivity contribution in [3.63, 3.8) is 0 Å². The first-order valence-corrected chi connectivity index (χ1v) is 7.82. The molecule has 1 aliphatic heterocycles. The Labute approximate surface area is 146 Å². The normalized spacial score (nSPS) is 23.0. The summed E-state index contributed by atoms with van der Waals surface area (Å²) in [6, 6.07) is 13.0. The van der Waals surface area contributed by atoms with E-state index in [2.05, 4.69) is 36.2 Å². The zero-order valence-electron chi connectivity index (χ0n) is 12.4. The van der Waals surface area contributed by atoms with Gasteiger partial charge in [0.1, 0.15) is 5.75 Å². The van der Waals surface area contributed by atoms with Crippen LogP contribution in [0.1, 0.15) is 28.2 Å². The van der Waals surface area contributed by atoms with E-state index < -0.39 is 0 Å². The Morgan fingerprint density at radius 3 is 2.73 bits per heavy atom. The predicted octanol–water partition coefficient (Wildman–Crippen LogP) is 4.17. The summed E-state index contributed by atoms with van der Waals surface area (Å²) in [6.07, 6.45) is 2.07. The molecule has 0 saturated heterocycles. The van der Waals surface area contributed by atoms with Gasteiger partial charge in [-0.05, 0) is 54.3 Å². The maximum Gasteiger partial charge on any atom is 0.134 e. The van der Waals surface area contributed by atoms with Crippen molar-refractivity contribution in [3.8, 4) is 5.75 Å². The molecule has 2 atom stereocenters. The van der Waals surface area contributed by atoms with Crippen molar-refractivity contribution in [1.82, 2.24) is 4.90 Å². The van der Waals surface area contributed by atoms with Crippen molar-refractivity contribution in [2.24, 2.45) is 0 Å². The number of aromatic hydroxyl groups is 1. The molecule has 2 nitrogen and oxygen atoms in total. The summed E-state index contributed by atoms with van der Waals surface area (Å²) in [4.78, 5) is 2.45. The molecule has 0 bridgehead atoms. The summed E-state index contributed by atoms with van der Waals surface area (Å²) in [5, 5.41) is 10.5. The highest BCUT2D eigenvalue weighted by Crippen LogP contribution is 2.45. The lowest BCUT2D eigenvalue weighted by Crippen LogP contribution is -2.34. The fourth-order valence-electron chi connectivity index (χ4n) is 3.95. The quantitative estimate of drug-likeness (QED) is 0.741. The molecule has 4 rings (SSSR count). The maximum atomic E-state index is 10.1. The van der Waals surface area contributed by atoms with Crippen LogP contribution in [0.4, 0.5) is 0 Å². The van der Waals surface area contributed by atoms with E-state index in [1.165, 1.54) is 22.3 Å². The molecule has 0 aromatic heterocycles. The number of phenolic OH excluding ortho intramolecular Hbond substituents is 1. The second kappa shape index (κ2) is 5.88. The van der Waals surface area contributed by atoms with E-state index in [4.69, 9.17) is 11.6 Å². The van der Waals surface area contributed by atoms with Gasteiger partial charge in [-0.15, -0.1) is 17.0 Å². The van der Waals surface area contributed by atoms with Crippen LogP contribution in [0, 0.1) is 0 Å². The number of benzene rings is 2. The molecule has 0 fully saturated rings. The third-order valence-electron chi connectivity index (χ3n) is 5.05. The Balaban J connectivity index is 0.00000144. The van der Waals surface area contributed by atoms with Crippen LogP contribution < -0.4 is 0 Å². The molecule has 0 spiro atoms. The molecule has 0 unspecified atom stereocenters. The molecule has 1 heterocycles. The summed E-state index contributed by atoms with van der Waals surface area (Å²) in [5.74, 6) is 0.537. The van der Waals surface area contributed by atoms with Gasteiger partial charge >= 0.3 is 0 Å². The predicted molar refractivity (Wildman–Crippen MR) is 95.5 cm³/mol. The number of nitrogens with zero attached hydrogens (tertiary/aromatic N) is 1. The Hall–Kier alpha value is -1.03. The van der Waals surface area contributed by atoms with Crippen molar-refractivity contribution in [3.05, 3.63) is 63.7 Å². The number of fused-ring (bicyclic) bond motifs is 5. The minimum Gasteiger partial charge on any atom is -0.506 e.